The number of anilines is 2. The first kappa shape index (κ1) is 13.9. The van der Waals surface area contributed by atoms with Crippen molar-refractivity contribution in [2.75, 3.05) is 36.0 Å². The number of hydrogen-bond acceptors (Lipinski definition) is 4. The molecule has 4 heteroatoms. The van der Waals surface area contributed by atoms with Crippen LogP contribution < -0.4 is 9.80 Å². The van der Waals surface area contributed by atoms with Crippen LogP contribution in [0.2, 0.25) is 0 Å². The average molecular weight is 283 g/mol. The summed E-state index contributed by atoms with van der Waals surface area (Å²) in [7, 11) is 0. The molecule has 1 aromatic carbocycles. The van der Waals surface area contributed by atoms with Gasteiger partial charge in [0.2, 0.25) is 0 Å². The van der Waals surface area contributed by atoms with Gasteiger partial charge in [0.05, 0.1) is 6.61 Å². The van der Waals surface area contributed by atoms with E-state index in [-0.39, 0.29) is 6.61 Å². The third-order valence-corrected chi connectivity index (χ3v) is 4.08. The van der Waals surface area contributed by atoms with E-state index < -0.39 is 0 Å². The fourth-order valence-electron chi connectivity index (χ4n) is 2.75. The van der Waals surface area contributed by atoms with E-state index in [0.29, 0.717) is 0 Å². The van der Waals surface area contributed by atoms with Gasteiger partial charge in [-0.25, -0.2) is 4.98 Å². The smallest absolute Gasteiger partial charge is 0.128 e. The van der Waals surface area contributed by atoms with Gasteiger partial charge in [-0.15, -0.1) is 0 Å². The maximum atomic E-state index is 9.22. The van der Waals surface area contributed by atoms with E-state index in [1.54, 1.807) is 0 Å². The van der Waals surface area contributed by atoms with E-state index in [1.807, 2.05) is 19.1 Å². The third kappa shape index (κ3) is 3.00. The lowest BCUT2D eigenvalue weighted by Gasteiger charge is -2.36. The van der Waals surface area contributed by atoms with E-state index in [0.717, 1.165) is 43.3 Å². The van der Waals surface area contributed by atoms with Crippen molar-refractivity contribution in [3.8, 4) is 0 Å². The summed E-state index contributed by atoms with van der Waals surface area (Å²) in [6.45, 7) is 5.97. The topological polar surface area (TPSA) is 39.6 Å². The standard InChI is InChI=1S/C17H21N3O/c1-14-15(13-21)7-8-17(18-14)20-11-9-19(10-12-20)16-5-3-2-4-6-16/h2-8,21H,9-13H2,1H3. The van der Waals surface area contributed by atoms with Crippen molar-refractivity contribution in [3.63, 3.8) is 0 Å². The van der Waals surface area contributed by atoms with Gasteiger partial charge in [-0.2, -0.15) is 0 Å². The Kier molecular flexibility index (Phi) is 4.06. The molecule has 0 amide bonds. The fraction of sp³-hybridized carbons (Fsp3) is 0.353. The van der Waals surface area contributed by atoms with Crippen molar-refractivity contribution in [1.29, 1.82) is 0 Å². The second-order valence-corrected chi connectivity index (χ2v) is 5.38. The molecule has 0 saturated carbocycles. The van der Waals surface area contributed by atoms with Crippen LogP contribution in [-0.4, -0.2) is 36.3 Å². The molecule has 2 aromatic rings. The second kappa shape index (κ2) is 6.14. The highest BCUT2D eigenvalue weighted by molar-refractivity contribution is 5.49. The molecular weight excluding hydrogens is 262 g/mol. The number of aryl methyl sites for hydroxylation is 1. The molecule has 1 aliphatic heterocycles. The van der Waals surface area contributed by atoms with Gasteiger partial charge >= 0.3 is 0 Å². The molecule has 21 heavy (non-hydrogen) atoms. The molecule has 3 rings (SSSR count). The van der Waals surface area contributed by atoms with Crippen LogP contribution in [0.5, 0.6) is 0 Å². The van der Waals surface area contributed by atoms with Crippen LogP contribution in [0.1, 0.15) is 11.3 Å². The van der Waals surface area contributed by atoms with Crippen LogP contribution in [0.4, 0.5) is 11.5 Å². The van der Waals surface area contributed by atoms with E-state index in [2.05, 4.69) is 45.1 Å². The highest BCUT2D eigenvalue weighted by Crippen LogP contribution is 2.20. The lowest BCUT2D eigenvalue weighted by molar-refractivity contribution is 0.280. The molecule has 0 spiro atoms. The van der Waals surface area contributed by atoms with Crippen LogP contribution in [0, 0.1) is 6.92 Å². The van der Waals surface area contributed by atoms with E-state index in [4.69, 9.17) is 0 Å². The first-order chi connectivity index (χ1) is 10.3. The van der Waals surface area contributed by atoms with E-state index >= 15 is 0 Å². The van der Waals surface area contributed by atoms with Crippen molar-refractivity contribution >= 4 is 11.5 Å². The first-order valence-electron chi connectivity index (χ1n) is 7.40. The number of pyridine rings is 1. The monoisotopic (exact) mass is 283 g/mol. The molecule has 0 bridgehead atoms. The summed E-state index contributed by atoms with van der Waals surface area (Å²) < 4.78 is 0. The Morgan fingerprint density at radius 2 is 1.62 bits per heavy atom. The van der Waals surface area contributed by atoms with Crippen LogP contribution >= 0.6 is 0 Å². The Morgan fingerprint density at radius 1 is 0.952 bits per heavy atom. The lowest BCUT2D eigenvalue weighted by atomic mass is 10.2. The van der Waals surface area contributed by atoms with Gasteiger partial charge in [0.1, 0.15) is 5.82 Å². The zero-order valence-corrected chi connectivity index (χ0v) is 12.4. The molecule has 0 unspecified atom stereocenters. The summed E-state index contributed by atoms with van der Waals surface area (Å²) in [5.74, 6) is 1.01. The lowest BCUT2D eigenvalue weighted by Crippen LogP contribution is -2.46. The normalized spacial score (nSPS) is 15.3. The molecule has 4 nitrogen and oxygen atoms in total. The van der Waals surface area contributed by atoms with Crippen LogP contribution in [0.25, 0.3) is 0 Å². The van der Waals surface area contributed by atoms with E-state index in [9.17, 15) is 5.11 Å². The van der Waals surface area contributed by atoms with Gasteiger partial charge in [0, 0.05) is 37.6 Å². The molecule has 1 fully saturated rings. The minimum absolute atomic E-state index is 0.0564. The summed E-state index contributed by atoms with van der Waals surface area (Å²) in [5.41, 5.74) is 3.11. The molecular formula is C17H21N3O. The van der Waals surface area contributed by atoms with Crippen molar-refractivity contribution in [1.82, 2.24) is 4.98 Å². The maximum absolute atomic E-state index is 9.22. The molecule has 1 aromatic heterocycles. The number of hydrogen-bond donors (Lipinski definition) is 1. The molecule has 0 atom stereocenters. The zero-order valence-electron chi connectivity index (χ0n) is 12.4. The molecule has 110 valence electrons. The number of piperazine rings is 1. The van der Waals surface area contributed by atoms with E-state index in [1.165, 1.54) is 5.69 Å². The Labute approximate surface area is 125 Å². The molecule has 2 heterocycles. The van der Waals surface area contributed by atoms with Gasteiger partial charge < -0.3 is 14.9 Å². The zero-order chi connectivity index (χ0) is 14.7. The van der Waals surface area contributed by atoms with Crippen LogP contribution in [0.15, 0.2) is 42.5 Å². The van der Waals surface area contributed by atoms with Gasteiger partial charge in [0.25, 0.3) is 0 Å². The van der Waals surface area contributed by atoms with Crippen molar-refractivity contribution < 1.29 is 5.11 Å². The Bertz CT molecular complexity index is 592. The molecule has 0 radical (unpaired) electrons. The third-order valence-electron chi connectivity index (χ3n) is 4.08. The van der Waals surface area contributed by atoms with Gasteiger partial charge in [-0.1, -0.05) is 24.3 Å². The van der Waals surface area contributed by atoms with Gasteiger partial charge in [0.15, 0.2) is 0 Å². The SMILES string of the molecule is Cc1nc(N2CCN(c3ccccc3)CC2)ccc1CO. The van der Waals surface area contributed by atoms with Crippen molar-refractivity contribution in [3.05, 3.63) is 53.7 Å². The number of rotatable bonds is 3. The highest BCUT2D eigenvalue weighted by Gasteiger charge is 2.18. The summed E-state index contributed by atoms with van der Waals surface area (Å²) in [5, 5.41) is 9.22. The number of nitrogens with zero attached hydrogens (tertiary/aromatic N) is 3. The molecule has 1 N–H and O–H groups in total. The first-order valence-corrected chi connectivity index (χ1v) is 7.40. The Morgan fingerprint density at radius 3 is 2.24 bits per heavy atom. The predicted molar refractivity (Wildman–Crippen MR) is 85.8 cm³/mol. The van der Waals surface area contributed by atoms with Crippen LogP contribution in [0.3, 0.4) is 0 Å². The molecule has 1 saturated heterocycles. The Hall–Kier alpha value is -2.07. The second-order valence-electron chi connectivity index (χ2n) is 5.38. The Balaban J connectivity index is 1.67. The number of para-hydroxylation sites is 1. The minimum atomic E-state index is 0.0564. The summed E-state index contributed by atoms with van der Waals surface area (Å²) >= 11 is 0. The summed E-state index contributed by atoms with van der Waals surface area (Å²) in [6.07, 6.45) is 0. The predicted octanol–water partition coefficient (Wildman–Crippen LogP) is 2.21. The number of benzene rings is 1. The average Bonchev–Trinajstić information content (AvgIpc) is 2.56. The largest absolute Gasteiger partial charge is 0.392 e. The quantitative estimate of drug-likeness (QED) is 0.937. The molecule has 1 aliphatic rings. The number of aliphatic hydroxyl groups excluding tert-OH is 1. The van der Waals surface area contributed by atoms with Crippen molar-refractivity contribution in [2.24, 2.45) is 0 Å². The van der Waals surface area contributed by atoms with Gasteiger partial charge in [-0.05, 0) is 30.7 Å². The number of aliphatic hydroxyl groups is 1. The fourth-order valence-corrected chi connectivity index (χ4v) is 2.75. The summed E-state index contributed by atoms with van der Waals surface area (Å²) in [4.78, 5) is 9.33. The maximum Gasteiger partial charge on any atom is 0.128 e. The summed E-state index contributed by atoms with van der Waals surface area (Å²) in [6, 6.07) is 14.5. The molecule has 0 aliphatic carbocycles. The highest BCUT2D eigenvalue weighted by atomic mass is 16.3. The van der Waals surface area contributed by atoms with Crippen LogP contribution in [-0.2, 0) is 6.61 Å². The minimum Gasteiger partial charge on any atom is -0.392 e. The van der Waals surface area contributed by atoms with Gasteiger partial charge in [-0.3, -0.25) is 0 Å². The van der Waals surface area contributed by atoms with Crippen molar-refractivity contribution in [2.45, 2.75) is 13.5 Å². The number of aromatic nitrogens is 1.